The number of aliphatic hydroxyl groups excluding tert-OH is 1. The van der Waals surface area contributed by atoms with Crippen LogP contribution < -0.4 is 0 Å². The Balaban J connectivity index is 2.19. The summed E-state index contributed by atoms with van der Waals surface area (Å²) in [6.07, 6.45) is 0.719. The van der Waals surface area contributed by atoms with Crippen molar-refractivity contribution in [2.75, 3.05) is 19.7 Å². The van der Waals surface area contributed by atoms with Crippen LogP contribution in [-0.4, -0.2) is 40.2 Å². The van der Waals surface area contributed by atoms with E-state index in [9.17, 15) is 13.6 Å². The molecule has 2 rings (SSSR count). The quantitative estimate of drug-likeness (QED) is 0.896. The predicted molar refractivity (Wildman–Crippen MR) is 61.5 cm³/mol. The molecule has 1 saturated heterocycles. The molecule has 0 spiro atoms. The molecular formula is C12H16F2N2O2. The summed E-state index contributed by atoms with van der Waals surface area (Å²) in [7, 11) is 0. The van der Waals surface area contributed by atoms with Crippen molar-refractivity contribution in [3.05, 3.63) is 23.5 Å². The van der Waals surface area contributed by atoms with Crippen molar-refractivity contribution in [1.82, 2.24) is 9.47 Å². The van der Waals surface area contributed by atoms with Crippen molar-refractivity contribution in [2.24, 2.45) is 5.92 Å². The molecule has 0 bridgehead atoms. The SMILES string of the molecule is Cc1ccc(C(=O)N2CC[C@@H](CO)C2)n1C(F)F. The minimum Gasteiger partial charge on any atom is -0.396 e. The molecule has 1 aromatic rings. The number of aromatic nitrogens is 1. The number of hydrogen-bond donors (Lipinski definition) is 1. The van der Waals surface area contributed by atoms with E-state index >= 15 is 0 Å². The van der Waals surface area contributed by atoms with Crippen LogP contribution in [0.5, 0.6) is 0 Å². The summed E-state index contributed by atoms with van der Waals surface area (Å²) in [5, 5.41) is 9.02. The van der Waals surface area contributed by atoms with Gasteiger partial charge in [0.15, 0.2) is 0 Å². The number of amides is 1. The average molecular weight is 258 g/mol. The fraction of sp³-hybridized carbons (Fsp3) is 0.583. The minimum atomic E-state index is -2.71. The lowest BCUT2D eigenvalue weighted by Crippen LogP contribution is -2.31. The molecule has 18 heavy (non-hydrogen) atoms. The highest BCUT2D eigenvalue weighted by molar-refractivity contribution is 5.93. The van der Waals surface area contributed by atoms with Crippen LogP contribution in [0.4, 0.5) is 8.78 Å². The van der Waals surface area contributed by atoms with Crippen LogP contribution in [0.2, 0.25) is 0 Å². The third-order valence-electron chi connectivity index (χ3n) is 3.37. The topological polar surface area (TPSA) is 45.5 Å². The van der Waals surface area contributed by atoms with Gasteiger partial charge in [-0.1, -0.05) is 0 Å². The zero-order valence-corrected chi connectivity index (χ0v) is 10.1. The van der Waals surface area contributed by atoms with Crippen LogP contribution in [0.1, 0.15) is 29.2 Å². The Labute approximate surface area is 104 Å². The van der Waals surface area contributed by atoms with Crippen molar-refractivity contribution in [2.45, 2.75) is 19.9 Å². The van der Waals surface area contributed by atoms with Gasteiger partial charge in [0.25, 0.3) is 5.91 Å². The van der Waals surface area contributed by atoms with Crippen LogP contribution >= 0.6 is 0 Å². The smallest absolute Gasteiger partial charge is 0.319 e. The van der Waals surface area contributed by atoms with E-state index in [0.717, 1.165) is 11.0 Å². The first-order valence-electron chi connectivity index (χ1n) is 5.90. The Morgan fingerprint density at radius 1 is 1.56 bits per heavy atom. The molecule has 1 N–H and O–H groups in total. The highest BCUT2D eigenvalue weighted by Gasteiger charge is 2.29. The van der Waals surface area contributed by atoms with Crippen molar-refractivity contribution in [1.29, 1.82) is 0 Å². The third-order valence-corrected chi connectivity index (χ3v) is 3.37. The van der Waals surface area contributed by atoms with Gasteiger partial charge in [-0.05, 0) is 25.5 Å². The van der Waals surface area contributed by atoms with Gasteiger partial charge in [0.2, 0.25) is 0 Å². The Bertz CT molecular complexity index is 445. The van der Waals surface area contributed by atoms with Gasteiger partial charge in [-0.15, -0.1) is 0 Å². The molecule has 0 saturated carbocycles. The Morgan fingerprint density at radius 3 is 2.83 bits per heavy atom. The first-order chi connectivity index (χ1) is 8.54. The van der Waals surface area contributed by atoms with E-state index in [1.807, 2.05) is 0 Å². The summed E-state index contributed by atoms with van der Waals surface area (Å²) in [6, 6.07) is 2.94. The number of likely N-dealkylation sites (tertiary alicyclic amines) is 1. The van der Waals surface area contributed by atoms with Gasteiger partial charge in [-0.3, -0.25) is 9.36 Å². The maximum Gasteiger partial charge on any atom is 0.319 e. The molecule has 2 heterocycles. The van der Waals surface area contributed by atoms with Crippen molar-refractivity contribution in [3.8, 4) is 0 Å². The summed E-state index contributed by atoms with van der Waals surface area (Å²) < 4.78 is 26.5. The Kier molecular flexibility index (Phi) is 3.65. The molecule has 0 aromatic carbocycles. The normalized spacial score (nSPS) is 19.8. The number of alkyl halides is 2. The lowest BCUT2D eigenvalue weighted by molar-refractivity contribution is 0.0563. The van der Waals surface area contributed by atoms with E-state index in [1.54, 1.807) is 6.92 Å². The second kappa shape index (κ2) is 5.06. The van der Waals surface area contributed by atoms with Crippen LogP contribution in [-0.2, 0) is 0 Å². The number of aryl methyl sites for hydroxylation is 1. The van der Waals surface area contributed by atoms with Crippen LogP contribution in [0.15, 0.2) is 12.1 Å². The molecule has 1 atom stereocenters. The Hall–Kier alpha value is -1.43. The molecule has 1 amide bonds. The van der Waals surface area contributed by atoms with Gasteiger partial charge >= 0.3 is 6.55 Å². The highest BCUT2D eigenvalue weighted by atomic mass is 19.3. The van der Waals surface area contributed by atoms with E-state index in [-0.39, 0.29) is 24.1 Å². The molecule has 4 nitrogen and oxygen atoms in total. The molecule has 1 aliphatic rings. The molecule has 0 unspecified atom stereocenters. The summed E-state index contributed by atoms with van der Waals surface area (Å²) in [5.74, 6) is -0.329. The predicted octanol–water partition coefficient (Wildman–Crippen LogP) is 1.65. The molecule has 0 aliphatic carbocycles. The molecule has 100 valence electrons. The van der Waals surface area contributed by atoms with E-state index in [2.05, 4.69) is 0 Å². The van der Waals surface area contributed by atoms with Gasteiger partial charge in [-0.25, -0.2) is 0 Å². The number of carbonyl (C=O) groups excluding carboxylic acids is 1. The van der Waals surface area contributed by atoms with E-state index in [1.165, 1.54) is 17.0 Å². The number of carbonyl (C=O) groups is 1. The maximum atomic E-state index is 12.9. The van der Waals surface area contributed by atoms with Crippen LogP contribution in [0, 0.1) is 12.8 Å². The first kappa shape index (κ1) is 13.0. The fourth-order valence-corrected chi connectivity index (χ4v) is 2.31. The lowest BCUT2D eigenvalue weighted by Gasteiger charge is -2.18. The monoisotopic (exact) mass is 258 g/mol. The lowest BCUT2D eigenvalue weighted by atomic mass is 10.1. The maximum absolute atomic E-state index is 12.9. The summed E-state index contributed by atoms with van der Waals surface area (Å²) in [6.45, 7) is -0.196. The Morgan fingerprint density at radius 2 is 2.28 bits per heavy atom. The zero-order chi connectivity index (χ0) is 13.3. The number of halogens is 2. The minimum absolute atomic E-state index is 0.0149. The largest absolute Gasteiger partial charge is 0.396 e. The number of nitrogens with zero attached hydrogens (tertiary/aromatic N) is 2. The zero-order valence-electron chi connectivity index (χ0n) is 10.1. The first-order valence-corrected chi connectivity index (χ1v) is 5.90. The molecule has 1 aromatic heterocycles. The van der Waals surface area contributed by atoms with Crippen molar-refractivity contribution < 1.29 is 18.7 Å². The number of hydrogen-bond acceptors (Lipinski definition) is 2. The fourth-order valence-electron chi connectivity index (χ4n) is 2.31. The number of rotatable bonds is 3. The molecule has 1 aliphatic heterocycles. The highest BCUT2D eigenvalue weighted by Crippen LogP contribution is 2.23. The third kappa shape index (κ3) is 2.25. The van der Waals surface area contributed by atoms with Gasteiger partial charge in [0.05, 0.1) is 0 Å². The van der Waals surface area contributed by atoms with Gasteiger partial charge < -0.3 is 10.0 Å². The van der Waals surface area contributed by atoms with Gasteiger partial charge in [-0.2, -0.15) is 8.78 Å². The van der Waals surface area contributed by atoms with E-state index in [4.69, 9.17) is 5.11 Å². The standard InChI is InChI=1S/C12H16F2N2O2/c1-8-2-3-10(16(8)12(13)14)11(18)15-5-4-9(6-15)7-17/h2-3,9,12,17H,4-7H2,1H3/t9-/m1/s1. The molecular weight excluding hydrogens is 242 g/mol. The number of aliphatic hydroxyl groups is 1. The van der Waals surface area contributed by atoms with E-state index < -0.39 is 6.55 Å². The molecule has 0 radical (unpaired) electrons. The van der Waals surface area contributed by atoms with Crippen LogP contribution in [0.25, 0.3) is 0 Å². The average Bonchev–Trinajstić information content (AvgIpc) is 2.93. The summed E-state index contributed by atoms with van der Waals surface area (Å²) >= 11 is 0. The summed E-state index contributed by atoms with van der Waals surface area (Å²) in [5.41, 5.74) is 0.382. The van der Waals surface area contributed by atoms with Gasteiger partial charge in [0.1, 0.15) is 5.69 Å². The van der Waals surface area contributed by atoms with Crippen molar-refractivity contribution in [3.63, 3.8) is 0 Å². The summed E-state index contributed by atoms with van der Waals surface area (Å²) in [4.78, 5) is 13.7. The van der Waals surface area contributed by atoms with E-state index in [0.29, 0.717) is 18.8 Å². The molecule has 6 heteroatoms. The van der Waals surface area contributed by atoms with Gasteiger partial charge in [0, 0.05) is 31.3 Å². The van der Waals surface area contributed by atoms with Crippen molar-refractivity contribution >= 4 is 5.91 Å². The van der Waals surface area contributed by atoms with Crippen LogP contribution in [0.3, 0.4) is 0 Å². The second-order valence-electron chi connectivity index (χ2n) is 4.60. The molecule has 1 fully saturated rings. The second-order valence-corrected chi connectivity index (χ2v) is 4.60.